The van der Waals surface area contributed by atoms with Crippen LogP contribution in [0.5, 0.6) is 0 Å². The summed E-state index contributed by atoms with van der Waals surface area (Å²) in [7, 11) is 0. The van der Waals surface area contributed by atoms with E-state index in [1.165, 1.54) is 16.2 Å². The van der Waals surface area contributed by atoms with E-state index in [0.717, 1.165) is 17.1 Å². The number of rotatable bonds is 7. The fourth-order valence-corrected chi connectivity index (χ4v) is 3.34. The number of amides is 2. The molecule has 8 heteroatoms. The molecule has 5 nitrogen and oxygen atoms in total. The summed E-state index contributed by atoms with van der Waals surface area (Å²) in [4.78, 5) is 30.6. The number of nitrogens with one attached hydrogen (secondary N) is 1. The zero-order chi connectivity index (χ0) is 18.4. The lowest BCUT2D eigenvalue weighted by atomic mass is 10.2. The van der Waals surface area contributed by atoms with Crippen LogP contribution in [0.4, 0.5) is 5.69 Å². The van der Waals surface area contributed by atoms with Gasteiger partial charge in [0, 0.05) is 16.9 Å². The van der Waals surface area contributed by atoms with Crippen LogP contribution in [0.1, 0.15) is 24.0 Å². The molecule has 0 unspecified atom stereocenters. The number of aromatic nitrogens is 1. The number of hydrogen-bond acceptors (Lipinski definition) is 4. The van der Waals surface area contributed by atoms with Gasteiger partial charge in [-0.1, -0.05) is 30.1 Å². The molecule has 0 bridgehead atoms. The predicted octanol–water partition coefficient (Wildman–Crippen LogP) is 4.18. The monoisotopic (exact) mass is 399 g/mol. The summed E-state index contributed by atoms with van der Waals surface area (Å²) in [5.74, 6) is -0.426. The van der Waals surface area contributed by atoms with E-state index in [-0.39, 0.29) is 24.8 Å². The summed E-state index contributed by atoms with van der Waals surface area (Å²) < 4.78 is 0. The van der Waals surface area contributed by atoms with E-state index < -0.39 is 0 Å². The van der Waals surface area contributed by atoms with Crippen LogP contribution in [0, 0.1) is 6.92 Å². The third-order valence-corrected chi connectivity index (χ3v) is 4.75. The second-order valence-corrected chi connectivity index (χ2v) is 7.43. The van der Waals surface area contributed by atoms with Crippen LogP contribution in [0.15, 0.2) is 23.6 Å². The Balaban J connectivity index is 1.99. The van der Waals surface area contributed by atoms with Crippen LogP contribution in [0.25, 0.3) is 0 Å². The van der Waals surface area contributed by atoms with Crippen LogP contribution in [0.2, 0.25) is 10.0 Å². The van der Waals surface area contributed by atoms with E-state index in [2.05, 4.69) is 10.3 Å². The summed E-state index contributed by atoms with van der Waals surface area (Å²) in [6.45, 7) is 4.32. The van der Waals surface area contributed by atoms with E-state index in [9.17, 15) is 9.59 Å². The van der Waals surface area contributed by atoms with Crippen molar-refractivity contribution in [2.24, 2.45) is 0 Å². The first kappa shape index (κ1) is 19.7. The Labute approximate surface area is 161 Å². The first-order valence-electron chi connectivity index (χ1n) is 7.82. The number of thiazole rings is 1. The van der Waals surface area contributed by atoms with Gasteiger partial charge in [-0.15, -0.1) is 11.3 Å². The predicted molar refractivity (Wildman–Crippen MR) is 103 cm³/mol. The Kier molecular flexibility index (Phi) is 7.23. The van der Waals surface area contributed by atoms with Gasteiger partial charge in [-0.25, -0.2) is 4.98 Å². The fraction of sp³-hybridized carbons (Fsp3) is 0.353. The van der Waals surface area contributed by atoms with Gasteiger partial charge in [0.05, 0.1) is 34.4 Å². The molecular formula is C17H19Cl2N3O2S. The van der Waals surface area contributed by atoms with E-state index >= 15 is 0 Å². The molecule has 1 heterocycles. The highest BCUT2D eigenvalue weighted by Gasteiger charge is 2.18. The number of halogens is 2. The van der Waals surface area contributed by atoms with Gasteiger partial charge in [0.25, 0.3) is 0 Å². The molecule has 0 radical (unpaired) electrons. The van der Waals surface area contributed by atoms with Crippen LogP contribution < -0.4 is 5.32 Å². The molecule has 1 N–H and O–H groups in total. The van der Waals surface area contributed by atoms with Crippen molar-refractivity contribution in [1.29, 1.82) is 0 Å². The Morgan fingerprint density at radius 2 is 2.08 bits per heavy atom. The summed E-state index contributed by atoms with van der Waals surface area (Å²) in [5, 5.41) is 6.34. The summed E-state index contributed by atoms with van der Waals surface area (Å²) in [6, 6.07) is 4.83. The summed E-state index contributed by atoms with van der Waals surface area (Å²) in [6.07, 6.45) is 0.954. The van der Waals surface area contributed by atoms with E-state index in [0.29, 0.717) is 22.3 Å². The second-order valence-electron chi connectivity index (χ2n) is 5.52. The third kappa shape index (κ3) is 5.99. The highest BCUT2D eigenvalue weighted by atomic mass is 35.5. The number of hydrogen-bond donors (Lipinski definition) is 1. The van der Waals surface area contributed by atoms with Crippen LogP contribution in [-0.4, -0.2) is 34.8 Å². The number of nitrogens with zero attached hydrogens (tertiary/aromatic N) is 2. The Morgan fingerprint density at radius 3 is 2.68 bits per heavy atom. The molecule has 0 atom stereocenters. The lowest BCUT2D eigenvalue weighted by Crippen LogP contribution is -2.39. The topological polar surface area (TPSA) is 62.3 Å². The van der Waals surface area contributed by atoms with Gasteiger partial charge in [-0.3, -0.25) is 9.59 Å². The Hall–Kier alpha value is -1.63. The average Bonchev–Trinajstić information content (AvgIpc) is 2.94. The van der Waals surface area contributed by atoms with Gasteiger partial charge in [0.2, 0.25) is 11.8 Å². The third-order valence-electron chi connectivity index (χ3n) is 3.38. The maximum atomic E-state index is 12.5. The van der Waals surface area contributed by atoms with Crippen molar-refractivity contribution in [2.75, 3.05) is 18.4 Å². The van der Waals surface area contributed by atoms with E-state index in [4.69, 9.17) is 23.2 Å². The smallest absolute Gasteiger partial charge is 0.244 e. The van der Waals surface area contributed by atoms with Crippen molar-refractivity contribution >= 4 is 52.0 Å². The van der Waals surface area contributed by atoms with Crippen LogP contribution in [0.3, 0.4) is 0 Å². The molecule has 25 heavy (non-hydrogen) atoms. The minimum Gasteiger partial charge on any atom is -0.333 e. The zero-order valence-electron chi connectivity index (χ0n) is 14.0. The lowest BCUT2D eigenvalue weighted by Gasteiger charge is -2.21. The molecule has 0 spiro atoms. The standard InChI is InChI=1S/C17H19Cl2N3O2S/c1-3-6-22(17(24)8-13-10-25-11(2)20-13)9-16(23)21-15-5-4-12(18)7-14(15)19/h4-5,7,10H,3,6,8-9H2,1-2H3,(H,21,23). The molecule has 0 aliphatic heterocycles. The van der Waals surface area contributed by atoms with Crippen molar-refractivity contribution < 1.29 is 9.59 Å². The molecule has 2 rings (SSSR count). The molecule has 0 saturated heterocycles. The number of aryl methyl sites for hydroxylation is 1. The highest BCUT2D eigenvalue weighted by molar-refractivity contribution is 7.09. The molecule has 0 aliphatic rings. The maximum Gasteiger partial charge on any atom is 0.244 e. The molecule has 0 fully saturated rings. The van der Waals surface area contributed by atoms with Crippen LogP contribution in [-0.2, 0) is 16.0 Å². The average molecular weight is 400 g/mol. The lowest BCUT2D eigenvalue weighted by molar-refractivity contribution is -0.134. The minimum atomic E-state index is -0.305. The van der Waals surface area contributed by atoms with E-state index in [1.54, 1.807) is 18.2 Å². The number of carbonyl (C=O) groups is 2. The molecule has 134 valence electrons. The first-order valence-corrected chi connectivity index (χ1v) is 9.46. The Morgan fingerprint density at radius 1 is 1.32 bits per heavy atom. The Bertz CT molecular complexity index is 764. The normalized spacial score (nSPS) is 10.6. The minimum absolute atomic E-state index is 0.0330. The summed E-state index contributed by atoms with van der Waals surface area (Å²) >= 11 is 13.4. The van der Waals surface area contributed by atoms with E-state index in [1.807, 2.05) is 19.2 Å². The summed E-state index contributed by atoms with van der Waals surface area (Å²) in [5.41, 5.74) is 1.20. The van der Waals surface area contributed by atoms with Gasteiger partial charge in [0.15, 0.2) is 0 Å². The van der Waals surface area contributed by atoms with Crippen molar-refractivity contribution in [3.8, 4) is 0 Å². The van der Waals surface area contributed by atoms with Gasteiger partial charge >= 0.3 is 0 Å². The number of benzene rings is 1. The van der Waals surface area contributed by atoms with Crippen molar-refractivity contribution in [2.45, 2.75) is 26.7 Å². The first-order chi connectivity index (χ1) is 11.9. The number of carbonyl (C=O) groups excluding carboxylic acids is 2. The molecule has 0 saturated carbocycles. The van der Waals surface area contributed by atoms with Crippen LogP contribution >= 0.6 is 34.5 Å². The van der Waals surface area contributed by atoms with Crippen molar-refractivity contribution in [1.82, 2.24) is 9.88 Å². The quantitative estimate of drug-likeness (QED) is 0.759. The molecule has 2 amide bonds. The molecular weight excluding hydrogens is 381 g/mol. The second kappa shape index (κ2) is 9.17. The fourth-order valence-electron chi connectivity index (χ4n) is 2.27. The highest BCUT2D eigenvalue weighted by Crippen LogP contribution is 2.25. The molecule has 0 aliphatic carbocycles. The van der Waals surface area contributed by atoms with Gasteiger partial charge in [-0.05, 0) is 31.5 Å². The molecule has 1 aromatic carbocycles. The van der Waals surface area contributed by atoms with Crippen molar-refractivity contribution in [3.05, 3.63) is 44.3 Å². The SMILES string of the molecule is CCCN(CC(=O)Nc1ccc(Cl)cc1Cl)C(=O)Cc1csc(C)n1. The largest absolute Gasteiger partial charge is 0.333 e. The van der Waals surface area contributed by atoms with Crippen molar-refractivity contribution in [3.63, 3.8) is 0 Å². The number of anilines is 1. The molecule has 2 aromatic rings. The molecule has 1 aromatic heterocycles. The zero-order valence-corrected chi connectivity index (χ0v) is 16.3. The van der Waals surface area contributed by atoms with Gasteiger partial charge in [-0.2, -0.15) is 0 Å². The maximum absolute atomic E-state index is 12.5. The van der Waals surface area contributed by atoms with Gasteiger partial charge in [0.1, 0.15) is 0 Å². The van der Waals surface area contributed by atoms with Gasteiger partial charge < -0.3 is 10.2 Å².